The lowest BCUT2D eigenvalue weighted by molar-refractivity contribution is -0.138. The van der Waals surface area contributed by atoms with Crippen LogP contribution in [0.25, 0.3) is 22.0 Å². The van der Waals surface area contributed by atoms with Gasteiger partial charge in [0.25, 0.3) is 5.56 Å². The van der Waals surface area contributed by atoms with E-state index >= 15 is 0 Å². The maximum atomic E-state index is 12.7. The molecular weight excluding hydrogens is 386 g/mol. The highest BCUT2D eigenvalue weighted by molar-refractivity contribution is 6.30. The van der Waals surface area contributed by atoms with Gasteiger partial charge in [-0.05, 0) is 81.1 Å². The Morgan fingerprint density at radius 2 is 1.72 bits per heavy atom. The Hall–Kier alpha value is -2.43. The Morgan fingerprint density at radius 3 is 2.28 bits per heavy atom. The third-order valence-corrected chi connectivity index (χ3v) is 5.16. The summed E-state index contributed by atoms with van der Waals surface area (Å²) in [7, 11) is 1.75. The normalized spacial score (nSPS) is 12.9. The number of hydrogen-bond donors (Lipinski definition) is 0. The van der Waals surface area contributed by atoms with Crippen molar-refractivity contribution in [2.75, 3.05) is 0 Å². The first-order valence-corrected chi connectivity index (χ1v) is 9.95. The number of fused-ring (bicyclic) bond motifs is 1. The van der Waals surface area contributed by atoms with Gasteiger partial charge < -0.3 is 9.30 Å². The van der Waals surface area contributed by atoms with Gasteiger partial charge in [-0.3, -0.25) is 9.59 Å². The number of Topliss-reactive ketones (excluding diaryl/α,β-unsaturated/α-hetero) is 1. The number of carbonyl (C=O) groups is 1. The number of benzene rings is 2. The van der Waals surface area contributed by atoms with Gasteiger partial charge >= 0.3 is 0 Å². The summed E-state index contributed by atoms with van der Waals surface area (Å²) in [5.41, 5.74) is 3.74. The molecule has 0 aliphatic rings. The molecule has 0 spiro atoms. The molecule has 0 radical (unpaired) electrons. The Balaban J connectivity index is 2.45. The van der Waals surface area contributed by atoms with E-state index in [9.17, 15) is 9.59 Å². The average molecular weight is 412 g/mol. The number of halogens is 1. The standard InChI is InChI=1S/C24H26ClNO3/c1-14-13-19-18(11-12-20(28)26(19)6)22(16-7-9-17(25)10-8-16)21(14)23(15(2)27)29-24(3,4)5/h7-13,23H,1-6H3/t23-/m1/s1. The van der Waals surface area contributed by atoms with Gasteiger partial charge in [-0.15, -0.1) is 0 Å². The minimum Gasteiger partial charge on any atom is -0.360 e. The van der Waals surface area contributed by atoms with Crippen LogP contribution in [0.4, 0.5) is 0 Å². The van der Waals surface area contributed by atoms with Crippen LogP contribution in [0.1, 0.15) is 44.9 Å². The zero-order valence-corrected chi connectivity index (χ0v) is 18.4. The van der Waals surface area contributed by atoms with Crippen LogP contribution in [0.15, 0.2) is 47.3 Å². The minimum absolute atomic E-state index is 0.0672. The van der Waals surface area contributed by atoms with Crippen molar-refractivity contribution in [3.63, 3.8) is 0 Å². The Labute approximate surface area is 176 Å². The van der Waals surface area contributed by atoms with Gasteiger partial charge in [-0.1, -0.05) is 23.7 Å². The highest BCUT2D eigenvalue weighted by atomic mass is 35.5. The molecule has 29 heavy (non-hydrogen) atoms. The molecule has 0 aliphatic carbocycles. The van der Waals surface area contributed by atoms with E-state index in [0.717, 1.165) is 33.2 Å². The molecule has 1 atom stereocenters. The molecule has 1 aromatic heterocycles. The molecule has 4 nitrogen and oxygen atoms in total. The molecule has 3 rings (SSSR count). The lowest BCUT2D eigenvalue weighted by Crippen LogP contribution is -2.27. The van der Waals surface area contributed by atoms with E-state index in [2.05, 4.69) is 0 Å². The molecule has 152 valence electrons. The Kier molecular flexibility index (Phi) is 5.70. The second-order valence-corrected chi connectivity index (χ2v) is 8.81. The molecular formula is C24H26ClNO3. The van der Waals surface area contributed by atoms with E-state index in [4.69, 9.17) is 16.3 Å². The number of nitrogens with zero attached hydrogens (tertiary/aromatic N) is 1. The number of hydrogen-bond acceptors (Lipinski definition) is 3. The number of rotatable bonds is 4. The number of aryl methyl sites for hydroxylation is 2. The minimum atomic E-state index is -0.720. The van der Waals surface area contributed by atoms with E-state index in [1.165, 1.54) is 0 Å². The van der Waals surface area contributed by atoms with Gasteiger partial charge in [0.15, 0.2) is 5.78 Å². The van der Waals surface area contributed by atoms with Gasteiger partial charge in [0.2, 0.25) is 0 Å². The van der Waals surface area contributed by atoms with Crippen molar-refractivity contribution in [3.05, 3.63) is 69.0 Å². The SMILES string of the molecule is CC(=O)[C@@H](OC(C)(C)C)c1c(C)cc2c(ccc(=O)n2C)c1-c1ccc(Cl)cc1. The van der Waals surface area contributed by atoms with Crippen LogP contribution in [-0.4, -0.2) is 16.0 Å². The molecule has 2 aromatic carbocycles. The van der Waals surface area contributed by atoms with Crippen LogP contribution in [0.3, 0.4) is 0 Å². The van der Waals surface area contributed by atoms with Crippen molar-refractivity contribution in [2.24, 2.45) is 7.05 Å². The fraction of sp³-hybridized carbons (Fsp3) is 0.333. The van der Waals surface area contributed by atoms with Crippen LogP contribution in [0.5, 0.6) is 0 Å². The molecule has 0 fully saturated rings. The van der Waals surface area contributed by atoms with Crippen LogP contribution in [-0.2, 0) is 16.6 Å². The topological polar surface area (TPSA) is 48.3 Å². The van der Waals surface area contributed by atoms with Crippen LogP contribution in [0.2, 0.25) is 5.02 Å². The quantitative estimate of drug-likeness (QED) is 0.560. The Bertz CT molecular complexity index is 1140. The number of pyridine rings is 1. The predicted octanol–water partition coefficient (Wildman–Crippen LogP) is 5.61. The molecule has 0 saturated carbocycles. The van der Waals surface area contributed by atoms with Gasteiger partial charge in [0.1, 0.15) is 6.10 Å². The fourth-order valence-electron chi connectivity index (χ4n) is 3.63. The molecule has 0 bridgehead atoms. The van der Waals surface area contributed by atoms with Crippen molar-refractivity contribution in [3.8, 4) is 11.1 Å². The molecule has 0 aliphatic heterocycles. The number of carbonyl (C=O) groups excluding carboxylic acids is 1. The van der Waals surface area contributed by atoms with E-state index in [1.54, 1.807) is 24.6 Å². The molecule has 5 heteroatoms. The third-order valence-electron chi connectivity index (χ3n) is 4.91. The monoisotopic (exact) mass is 411 g/mol. The second kappa shape index (κ2) is 7.77. The highest BCUT2D eigenvalue weighted by Gasteiger charge is 2.29. The van der Waals surface area contributed by atoms with E-state index in [-0.39, 0.29) is 11.3 Å². The predicted molar refractivity (Wildman–Crippen MR) is 119 cm³/mol. The summed E-state index contributed by atoms with van der Waals surface area (Å²) in [6.45, 7) is 9.31. The molecule has 3 aromatic rings. The molecule has 0 saturated heterocycles. The molecule has 0 N–H and O–H groups in total. The second-order valence-electron chi connectivity index (χ2n) is 8.37. The smallest absolute Gasteiger partial charge is 0.250 e. The number of aromatic nitrogens is 1. The average Bonchev–Trinajstić information content (AvgIpc) is 2.62. The van der Waals surface area contributed by atoms with E-state index in [1.807, 2.05) is 64.1 Å². The summed E-state index contributed by atoms with van der Waals surface area (Å²) in [4.78, 5) is 24.9. The summed E-state index contributed by atoms with van der Waals surface area (Å²) in [6, 6.07) is 12.8. The first kappa shape index (κ1) is 21.3. The lowest BCUT2D eigenvalue weighted by atomic mass is 9.87. The summed E-state index contributed by atoms with van der Waals surface area (Å²) < 4.78 is 7.83. The van der Waals surface area contributed by atoms with Crippen molar-refractivity contribution in [1.29, 1.82) is 0 Å². The number of ketones is 1. The maximum Gasteiger partial charge on any atom is 0.250 e. The largest absolute Gasteiger partial charge is 0.360 e. The van der Waals surface area contributed by atoms with Crippen molar-refractivity contribution < 1.29 is 9.53 Å². The van der Waals surface area contributed by atoms with Crippen LogP contribution in [0, 0.1) is 6.92 Å². The summed E-state index contributed by atoms with van der Waals surface area (Å²) in [6.07, 6.45) is -0.720. The van der Waals surface area contributed by atoms with Crippen LogP contribution >= 0.6 is 11.6 Å². The fourth-order valence-corrected chi connectivity index (χ4v) is 3.75. The van der Waals surface area contributed by atoms with Crippen molar-refractivity contribution >= 4 is 28.3 Å². The van der Waals surface area contributed by atoms with Gasteiger partial charge in [0.05, 0.1) is 11.1 Å². The summed E-state index contributed by atoms with van der Waals surface area (Å²) in [5, 5.41) is 1.52. The first-order chi connectivity index (χ1) is 13.5. The van der Waals surface area contributed by atoms with Crippen LogP contribution < -0.4 is 5.56 Å². The lowest BCUT2D eigenvalue weighted by Gasteiger charge is -2.29. The third kappa shape index (κ3) is 4.29. The van der Waals surface area contributed by atoms with Gasteiger partial charge in [0, 0.05) is 23.5 Å². The summed E-state index contributed by atoms with van der Waals surface area (Å²) in [5.74, 6) is -0.0672. The van der Waals surface area contributed by atoms with Gasteiger partial charge in [-0.25, -0.2) is 0 Å². The molecule has 0 unspecified atom stereocenters. The summed E-state index contributed by atoms with van der Waals surface area (Å²) >= 11 is 6.11. The molecule has 1 heterocycles. The van der Waals surface area contributed by atoms with Crippen molar-refractivity contribution in [2.45, 2.75) is 46.3 Å². The first-order valence-electron chi connectivity index (χ1n) is 9.57. The number of ether oxygens (including phenoxy) is 1. The zero-order valence-electron chi connectivity index (χ0n) is 17.7. The maximum absolute atomic E-state index is 12.7. The van der Waals surface area contributed by atoms with Crippen molar-refractivity contribution in [1.82, 2.24) is 4.57 Å². The zero-order chi connectivity index (χ0) is 21.5. The highest BCUT2D eigenvalue weighted by Crippen LogP contribution is 2.40. The Morgan fingerprint density at radius 1 is 1.10 bits per heavy atom. The van der Waals surface area contributed by atoms with E-state index < -0.39 is 11.7 Å². The van der Waals surface area contributed by atoms with Gasteiger partial charge in [-0.2, -0.15) is 0 Å². The van der Waals surface area contributed by atoms with E-state index in [0.29, 0.717) is 5.02 Å². The molecule has 0 amide bonds.